The number of aliphatic hydroxyl groups excluding tert-OH is 1. The maximum absolute atomic E-state index is 13.3. The second kappa shape index (κ2) is 6.65. The van der Waals surface area contributed by atoms with Crippen LogP contribution in [0.2, 0.25) is 0 Å². The van der Waals surface area contributed by atoms with E-state index in [-0.39, 0.29) is 11.9 Å². The highest BCUT2D eigenvalue weighted by Gasteiger charge is 2.45. The van der Waals surface area contributed by atoms with Crippen molar-refractivity contribution < 1.29 is 23.0 Å². The van der Waals surface area contributed by atoms with Crippen molar-refractivity contribution in [1.82, 2.24) is 14.8 Å². The van der Waals surface area contributed by atoms with E-state index < -0.39 is 23.4 Å². The first kappa shape index (κ1) is 19.0. The smallest absolute Gasteiger partial charge is 0.419 e. The Morgan fingerprint density at radius 3 is 2.64 bits per heavy atom. The molecular formula is C19H23F3N4O2. The number of piperidine rings is 1. The molecule has 2 aromatic rings. The van der Waals surface area contributed by atoms with Crippen LogP contribution < -0.4 is 9.64 Å². The van der Waals surface area contributed by atoms with Gasteiger partial charge in [-0.05, 0) is 26.0 Å². The normalized spacial score (nSPS) is 21.7. The number of anilines is 1. The van der Waals surface area contributed by atoms with Gasteiger partial charge in [0.1, 0.15) is 23.2 Å². The summed E-state index contributed by atoms with van der Waals surface area (Å²) in [6, 6.07) is 2.50. The Morgan fingerprint density at radius 2 is 2.00 bits per heavy atom. The molecule has 2 aliphatic rings. The highest BCUT2D eigenvalue weighted by atomic mass is 19.4. The lowest BCUT2D eigenvalue weighted by atomic mass is 9.83. The third kappa shape index (κ3) is 3.32. The minimum absolute atomic E-state index is 0.0467. The van der Waals surface area contributed by atoms with E-state index in [9.17, 15) is 18.3 Å². The van der Waals surface area contributed by atoms with Gasteiger partial charge in [-0.3, -0.25) is 4.68 Å². The third-order valence-corrected chi connectivity index (χ3v) is 5.53. The lowest BCUT2D eigenvalue weighted by Crippen LogP contribution is -2.51. The zero-order valence-corrected chi connectivity index (χ0v) is 15.8. The number of aliphatic hydroxyl groups is 1. The maximum Gasteiger partial charge on any atom is 0.419 e. The van der Waals surface area contributed by atoms with Crippen molar-refractivity contribution in [2.24, 2.45) is 0 Å². The summed E-state index contributed by atoms with van der Waals surface area (Å²) >= 11 is 0. The number of hydrogen-bond donors (Lipinski definition) is 1. The van der Waals surface area contributed by atoms with Crippen molar-refractivity contribution >= 4 is 5.82 Å². The van der Waals surface area contributed by atoms with E-state index in [4.69, 9.17) is 4.74 Å². The fourth-order valence-corrected chi connectivity index (χ4v) is 3.99. The molecule has 0 aliphatic carbocycles. The Hall–Kier alpha value is -2.29. The minimum atomic E-state index is -4.45. The van der Waals surface area contributed by atoms with Gasteiger partial charge in [0.05, 0.1) is 11.8 Å². The summed E-state index contributed by atoms with van der Waals surface area (Å²) in [6.45, 7) is 4.73. The lowest BCUT2D eigenvalue weighted by molar-refractivity contribution is -0.137. The molecule has 1 spiro atoms. The van der Waals surface area contributed by atoms with E-state index >= 15 is 0 Å². The molecule has 1 fully saturated rings. The predicted octanol–water partition coefficient (Wildman–Crippen LogP) is 3.73. The van der Waals surface area contributed by atoms with Gasteiger partial charge in [-0.15, -0.1) is 0 Å². The topological polar surface area (TPSA) is 63.4 Å². The molecule has 1 unspecified atom stereocenters. The van der Waals surface area contributed by atoms with Crippen LogP contribution in [0.5, 0.6) is 5.75 Å². The van der Waals surface area contributed by atoms with Crippen LogP contribution in [-0.2, 0) is 6.18 Å². The van der Waals surface area contributed by atoms with Crippen molar-refractivity contribution in [3.05, 3.63) is 35.8 Å². The average molecular weight is 396 g/mol. The molecule has 0 saturated carbocycles. The Kier molecular flexibility index (Phi) is 4.52. The maximum atomic E-state index is 13.3. The molecule has 152 valence electrons. The molecular weight excluding hydrogens is 373 g/mol. The first-order valence-corrected chi connectivity index (χ1v) is 9.42. The average Bonchev–Trinajstić information content (AvgIpc) is 3.06. The number of aromatic nitrogens is 3. The van der Waals surface area contributed by atoms with Crippen LogP contribution in [0.4, 0.5) is 19.0 Å². The molecule has 1 saturated heterocycles. The number of alkyl halides is 3. The van der Waals surface area contributed by atoms with Gasteiger partial charge in [-0.1, -0.05) is 0 Å². The molecule has 0 amide bonds. The first-order chi connectivity index (χ1) is 13.2. The van der Waals surface area contributed by atoms with Gasteiger partial charge >= 0.3 is 6.18 Å². The van der Waals surface area contributed by atoms with Crippen molar-refractivity contribution in [2.45, 2.75) is 57.0 Å². The zero-order valence-electron chi connectivity index (χ0n) is 15.8. The van der Waals surface area contributed by atoms with E-state index in [2.05, 4.69) is 10.1 Å². The highest BCUT2D eigenvalue weighted by molar-refractivity contribution is 5.49. The monoisotopic (exact) mass is 396 g/mol. The van der Waals surface area contributed by atoms with Crippen LogP contribution in [0.25, 0.3) is 0 Å². The van der Waals surface area contributed by atoms with Crippen LogP contribution in [0.15, 0.2) is 24.5 Å². The number of pyridine rings is 1. The quantitative estimate of drug-likeness (QED) is 0.838. The van der Waals surface area contributed by atoms with Crippen LogP contribution in [0, 0.1) is 0 Å². The van der Waals surface area contributed by atoms with Crippen molar-refractivity contribution in [3.8, 4) is 5.75 Å². The SMILES string of the molecule is CC(C)n1cc2c(n1)C(O)CC1(CCN(c3ncccc3C(F)(F)F)CC1)O2. The number of ether oxygens (including phenoxy) is 1. The van der Waals surface area contributed by atoms with Crippen LogP contribution in [0.3, 0.4) is 0 Å². The van der Waals surface area contributed by atoms with Crippen molar-refractivity contribution in [1.29, 1.82) is 0 Å². The lowest BCUT2D eigenvalue weighted by Gasteiger charge is -2.45. The molecule has 0 aromatic carbocycles. The molecule has 0 radical (unpaired) electrons. The minimum Gasteiger partial charge on any atom is -0.483 e. The summed E-state index contributed by atoms with van der Waals surface area (Å²) in [5.74, 6) is 0.518. The summed E-state index contributed by atoms with van der Waals surface area (Å²) < 4.78 is 47.9. The Balaban J connectivity index is 1.53. The van der Waals surface area contributed by atoms with E-state index in [1.165, 1.54) is 12.3 Å². The Bertz CT molecular complexity index is 857. The fourth-order valence-electron chi connectivity index (χ4n) is 3.99. The molecule has 28 heavy (non-hydrogen) atoms. The number of rotatable bonds is 2. The summed E-state index contributed by atoms with van der Waals surface area (Å²) in [5, 5.41) is 15.0. The molecule has 2 aromatic heterocycles. The molecule has 4 heterocycles. The van der Waals surface area contributed by atoms with Gasteiger partial charge in [0.25, 0.3) is 0 Å². The van der Waals surface area contributed by atoms with E-state index in [1.54, 1.807) is 15.8 Å². The molecule has 4 rings (SSSR count). The van der Waals surface area contributed by atoms with Gasteiger partial charge < -0.3 is 14.7 Å². The van der Waals surface area contributed by atoms with Gasteiger partial charge in [-0.25, -0.2) is 4.98 Å². The summed E-state index contributed by atoms with van der Waals surface area (Å²) in [5.41, 5.74) is -0.789. The molecule has 1 atom stereocenters. The molecule has 9 heteroatoms. The van der Waals surface area contributed by atoms with Crippen molar-refractivity contribution in [2.75, 3.05) is 18.0 Å². The second-order valence-corrected chi connectivity index (χ2v) is 7.82. The number of nitrogens with zero attached hydrogens (tertiary/aromatic N) is 4. The Labute approximate surface area is 160 Å². The molecule has 6 nitrogen and oxygen atoms in total. The van der Waals surface area contributed by atoms with Crippen LogP contribution in [-0.4, -0.2) is 38.6 Å². The molecule has 2 aliphatic heterocycles. The standard InChI is InChI=1S/C19H23F3N4O2/c1-12(2)26-11-15-16(24-26)14(27)10-18(28-15)5-8-25(9-6-18)17-13(19(20,21)22)4-3-7-23-17/h3-4,7,11-12,14,27H,5-6,8-10H2,1-2H3. The predicted molar refractivity (Wildman–Crippen MR) is 96.2 cm³/mol. The van der Waals surface area contributed by atoms with E-state index in [1.807, 2.05) is 13.8 Å². The largest absolute Gasteiger partial charge is 0.483 e. The van der Waals surface area contributed by atoms with E-state index in [0.717, 1.165) is 6.07 Å². The fraction of sp³-hybridized carbons (Fsp3) is 0.579. The summed E-state index contributed by atoms with van der Waals surface area (Å²) in [4.78, 5) is 5.63. The first-order valence-electron chi connectivity index (χ1n) is 9.42. The van der Waals surface area contributed by atoms with Gasteiger partial charge in [0.15, 0.2) is 5.75 Å². The van der Waals surface area contributed by atoms with Crippen molar-refractivity contribution in [3.63, 3.8) is 0 Å². The Morgan fingerprint density at radius 1 is 1.29 bits per heavy atom. The summed E-state index contributed by atoms with van der Waals surface area (Å²) in [6.07, 6.45) is -0.627. The molecule has 1 N–H and O–H groups in total. The molecule has 0 bridgehead atoms. The zero-order chi connectivity index (χ0) is 20.1. The number of halogens is 3. The van der Waals surface area contributed by atoms with E-state index in [0.29, 0.717) is 43.8 Å². The van der Waals surface area contributed by atoms with Gasteiger partial charge in [0, 0.05) is 44.6 Å². The van der Waals surface area contributed by atoms with Crippen LogP contribution >= 0.6 is 0 Å². The number of hydrogen-bond acceptors (Lipinski definition) is 5. The van der Waals surface area contributed by atoms with Gasteiger partial charge in [0.2, 0.25) is 0 Å². The number of fused-ring (bicyclic) bond motifs is 1. The van der Waals surface area contributed by atoms with Gasteiger partial charge in [-0.2, -0.15) is 18.3 Å². The summed E-state index contributed by atoms with van der Waals surface area (Å²) in [7, 11) is 0. The third-order valence-electron chi connectivity index (χ3n) is 5.53. The highest BCUT2D eigenvalue weighted by Crippen LogP contribution is 2.45. The van der Waals surface area contributed by atoms with Crippen LogP contribution in [0.1, 0.15) is 56.5 Å². The second-order valence-electron chi connectivity index (χ2n) is 7.82.